The Morgan fingerprint density at radius 3 is 1.82 bits per heavy atom. The number of hydrogen-bond acceptors (Lipinski definition) is 4. The second kappa shape index (κ2) is 11.4. The maximum absolute atomic E-state index is 12.4. The molecule has 0 bridgehead atoms. The number of rotatable bonds is 10. The van der Waals surface area contributed by atoms with E-state index < -0.39 is 16.6 Å². The van der Waals surface area contributed by atoms with Gasteiger partial charge in [0.15, 0.2) is 16.6 Å². The van der Waals surface area contributed by atoms with Crippen LogP contribution in [0, 0.1) is 12.3 Å². The molecule has 33 heavy (non-hydrogen) atoms. The van der Waals surface area contributed by atoms with Gasteiger partial charge in [0.2, 0.25) is 0 Å². The van der Waals surface area contributed by atoms with Crippen molar-refractivity contribution in [2.45, 2.75) is 110 Å². The third-order valence-corrected chi connectivity index (χ3v) is 16.1. The molecular formula is C27H46O4Si2. The Hall–Kier alpha value is -1.40. The van der Waals surface area contributed by atoms with Crippen molar-refractivity contribution in [3.8, 4) is 12.3 Å². The maximum atomic E-state index is 12.4. The van der Waals surface area contributed by atoms with E-state index in [0.717, 1.165) is 11.1 Å². The molecule has 186 valence electrons. The van der Waals surface area contributed by atoms with Gasteiger partial charge < -0.3 is 13.6 Å². The van der Waals surface area contributed by atoms with Crippen molar-refractivity contribution in [3.63, 3.8) is 0 Å². The van der Waals surface area contributed by atoms with Crippen LogP contribution < -0.4 is 0 Å². The molecule has 0 amide bonds. The normalized spacial score (nSPS) is 15.0. The van der Waals surface area contributed by atoms with Crippen LogP contribution in [0.2, 0.25) is 36.3 Å². The first kappa shape index (κ1) is 29.6. The van der Waals surface area contributed by atoms with E-state index in [1.165, 1.54) is 0 Å². The summed E-state index contributed by atoms with van der Waals surface area (Å²) in [6.45, 7) is 24.4. The molecule has 6 heteroatoms. The summed E-state index contributed by atoms with van der Waals surface area (Å²) >= 11 is 0. The minimum Gasteiger partial charge on any atom is -0.466 e. The molecule has 0 aliphatic rings. The number of hydrogen-bond donors (Lipinski definition) is 0. The van der Waals surface area contributed by atoms with E-state index in [1.54, 1.807) is 0 Å². The highest BCUT2D eigenvalue weighted by atomic mass is 28.4. The van der Waals surface area contributed by atoms with Crippen LogP contribution in [0.1, 0.15) is 84.6 Å². The molecule has 0 radical (unpaired) electrons. The summed E-state index contributed by atoms with van der Waals surface area (Å²) in [5.41, 5.74) is 1.99. The van der Waals surface area contributed by atoms with Crippen molar-refractivity contribution in [1.82, 2.24) is 0 Å². The molecule has 1 rings (SSSR count). The topological polar surface area (TPSA) is 44.8 Å². The van der Waals surface area contributed by atoms with Gasteiger partial charge in [-0.15, -0.1) is 12.3 Å². The van der Waals surface area contributed by atoms with Crippen LogP contribution >= 0.6 is 0 Å². The van der Waals surface area contributed by atoms with Gasteiger partial charge in [-0.1, -0.05) is 65.8 Å². The second-order valence-electron chi connectivity index (χ2n) is 11.8. The van der Waals surface area contributed by atoms with Crippen molar-refractivity contribution in [2.24, 2.45) is 0 Å². The van der Waals surface area contributed by atoms with E-state index in [-0.39, 0.29) is 34.7 Å². The lowest BCUT2D eigenvalue weighted by molar-refractivity contribution is -0.145. The summed E-state index contributed by atoms with van der Waals surface area (Å²) in [6, 6.07) is 8.20. The number of ether oxygens (including phenoxy) is 1. The predicted molar refractivity (Wildman–Crippen MR) is 143 cm³/mol. The van der Waals surface area contributed by atoms with Gasteiger partial charge in [-0.25, -0.2) is 0 Å². The van der Waals surface area contributed by atoms with Crippen LogP contribution in [0.25, 0.3) is 0 Å². The van der Waals surface area contributed by atoms with Crippen molar-refractivity contribution in [2.75, 3.05) is 6.61 Å². The van der Waals surface area contributed by atoms with E-state index in [9.17, 15) is 4.79 Å². The van der Waals surface area contributed by atoms with E-state index >= 15 is 0 Å². The Morgan fingerprint density at radius 2 is 1.39 bits per heavy atom. The Labute approximate surface area is 205 Å². The SMILES string of the molecule is C#CC[C@H](O[Si](C)(C)C(C)(C)C)c1cccc([C@@H](CC(=O)OCC)O[Si](C)(C)C(C)(C)C)c1. The second-order valence-corrected chi connectivity index (χ2v) is 21.3. The van der Waals surface area contributed by atoms with Crippen LogP contribution in [0.4, 0.5) is 0 Å². The Balaban J connectivity index is 3.38. The van der Waals surface area contributed by atoms with Crippen molar-refractivity contribution in [3.05, 3.63) is 35.4 Å². The lowest BCUT2D eigenvalue weighted by atomic mass is 10.00. The average Bonchev–Trinajstić information content (AvgIpc) is 2.65. The minimum absolute atomic E-state index is 0.0228. The number of esters is 1. The molecule has 0 saturated carbocycles. The van der Waals surface area contributed by atoms with Gasteiger partial charge in [0.05, 0.1) is 25.2 Å². The molecule has 2 atom stereocenters. The fourth-order valence-corrected chi connectivity index (χ4v) is 5.53. The highest BCUT2D eigenvalue weighted by Gasteiger charge is 2.41. The van der Waals surface area contributed by atoms with E-state index in [2.05, 4.69) is 85.8 Å². The van der Waals surface area contributed by atoms with Crippen LogP contribution in [0.15, 0.2) is 24.3 Å². The highest BCUT2D eigenvalue weighted by Crippen LogP contribution is 2.42. The van der Waals surface area contributed by atoms with Gasteiger partial charge in [-0.2, -0.15) is 0 Å². The number of benzene rings is 1. The van der Waals surface area contributed by atoms with Gasteiger partial charge in [0.25, 0.3) is 0 Å². The quantitative estimate of drug-likeness (QED) is 0.191. The van der Waals surface area contributed by atoms with Crippen LogP contribution in [-0.2, 0) is 18.4 Å². The van der Waals surface area contributed by atoms with Gasteiger partial charge in [0, 0.05) is 6.42 Å². The molecule has 0 aromatic heterocycles. The fourth-order valence-electron chi connectivity index (χ4n) is 2.96. The molecule has 0 unspecified atom stereocenters. The molecule has 1 aromatic carbocycles. The zero-order valence-electron chi connectivity index (χ0n) is 22.8. The predicted octanol–water partition coefficient (Wildman–Crippen LogP) is 7.79. The summed E-state index contributed by atoms with van der Waals surface area (Å²) in [5.74, 6) is 2.55. The molecule has 0 spiro atoms. The molecule has 0 fully saturated rings. The zero-order chi connectivity index (χ0) is 25.7. The van der Waals surface area contributed by atoms with E-state index in [1.807, 2.05) is 19.1 Å². The molecule has 0 heterocycles. The van der Waals surface area contributed by atoms with Crippen LogP contribution in [0.3, 0.4) is 0 Å². The van der Waals surface area contributed by atoms with Gasteiger partial charge in [-0.3, -0.25) is 4.79 Å². The van der Waals surface area contributed by atoms with Gasteiger partial charge in [-0.05, 0) is 54.3 Å². The molecule has 0 N–H and O–H groups in total. The molecule has 0 aliphatic carbocycles. The van der Waals surface area contributed by atoms with E-state index in [0.29, 0.717) is 13.0 Å². The Kier molecular flexibility index (Phi) is 10.2. The van der Waals surface area contributed by atoms with Crippen molar-refractivity contribution < 1.29 is 18.4 Å². The summed E-state index contributed by atoms with van der Waals surface area (Å²) in [4.78, 5) is 12.4. The molecule has 1 aromatic rings. The lowest BCUT2D eigenvalue weighted by Crippen LogP contribution is -2.42. The number of carbonyl (C=O) groups excluding carboxylic acids is 1. The molecule has 0 saturated heterocycles. The molecule has 4 nitrogen and oxygen atoms in total. The zero-order valence-corrected chi connectivity index (χ0v) is 24.8. The molecule has 0 aliphatic heterocycles. The van der Waals surface area contributed by atoms with Crippen molar-refractivity contribution in [1.29, 1.82) is 0 Å². The van der Waals surface area contributed by atoms with Gasteiger partial charge in [0.1, 0.15) is 0 Å². The molecular weight excluding hydrogens is 444 g/mol. The summed E-state index contributed by atoms with van der Waals surface area (Å²) in [6.07, 6.45) is 5.86. The van der Waals surface area contributed by atoms with E-state index in [4.69, 9.17) is 20.0 Å². The number of terminal acetylenes is 1. The lowest BCUT2D eigenvalue weighted by Gasteiger charge is -2.40. The van der Waals surface area contributed by atoms with Crippen LogP contribution in [0.5, 0.6) is 0 Å². The third kappa shape index (κ3) is 8.40. The summed E-state index contributed by atoms with van der Waals surface area (Å²) < 4.78 is 18.7. The number of carbonyl (C=O) groups is 1. The summed E-state index contributed by atoms with van der Waals surface area (Å²) in [5, 5.41) is 0.102. The van der Waals surface area contributed by atoms with Gasteiger partial charge >= 0.3 is 5.97 Å². The first-order valence-corrected chi connectivity index (χ1v) is 17.8. The minimum atomic E-state index is -2.13. The Morgan fingerprint density at radius 1 is 0.939 bits per heavy atom. The monoisotopic (exact) mass is 490 g/mol. The maximum Gasteiger partial charge on any atom is 0.308 e. The standard InChI is InChI=1S/C27H46O4Si2/c1-13-16-23(30-32(9,10)26(3,4)5)21-17-15-18-22(19-21)24(20-25(28)29-14-2)31-33(11,12)27(6,7)8/h1,15,17-19,23-24H,14,16,20H2,2-12H3/t23-,24+/m0/s1. The first-order chi connectivity index (χ1) is 14.9. The third-order valence-electron chi connectivity index (χ3n) is 7.10. The fraction of sp³-hybridized carbons (Fsp3) is 0.667. The first-order valence-electron chi connectivity index (χ1n) is 12.0. The largest absolute Gasteiger partial charge is 0.466 e. The van der Waals surface area contributed by atoms with Crippen LogP contribution in [-0.4, -0.2) is 29.2 Å². The van der Waals surface area contributed by atoms with Crippen molar-refractivity contribution >= 4 is 22.6 Å². The smallest absolute Gasteiger partial charge is 0.308 e. The highest BCUT2D eigenvalue weighted by molar-refractivity contribution is 6.74. The summed E-state index contributed by atoms with van der Waals surface area (Å²) in [7, 11) is -4.15. The Bertz CT molecular complexity index is 826. The average molecular weight is 491 g/mol.